The van der Waals surface area contributed by atoms with Gasteiger partial charge in [-0.2, -0.15) is 5.10 Å². The molecule has 1 heterocycles. The molecule has 18 heavy (non-hydrogen) atoms. The van der Waals surface area contributed by atoms with E-state index in [9.17, 15) is 0 Å². The Balaban J connectivity index is 1.84. The zero-order valence-electron chi connectivity index (χ0n) is 12.1. The fraction of sp³-hybridized carbons (Fsp3) is 0.800. The lowest BCUT2D eigenvalue weighted by Gasteiger charge is -2.28. The molecule has 1 fully saturated rings. The van der Waals surface area contributed by atoms with Crippen LogP contribution in [0.25, 0.3) is 0 Å². The van der Waals surface area contributed by atoms with Gasteiger partial charge in [0.15, 0.2) is 0 Å². The van der Waals surface area contributed by atoms with Crippen LogP contribution in [0.15, 0.2) is 6.07 Å². The second kappa shape index (κ2) is 6.37. The van der Waals surface area contributed by atoms with Crippen LogP contribution in [0.3, 0.4) is 0 Å². The van der Waals surface area contributed by atoms with Gasteiger partial charge in [0.2, 0.25) is 0 Å². The van der Waals surface area contributed by atoms with E-state index < -0.39 is 0 Å². The van der Waals surface area contributed by atoms with Gasteiger partial charge >= 0.3 is 0 Å². The SMILES string of the molecule is CCc1cc(CN[C@H](C)C2CCCCC2)n(C)n1. The fourth-order valence-corrected chi connectivity index (χ4v) is 2.98. The van der Waals surface area contributed by atoms with Gasteiger partial charge in [0.1, 0.15) is 0 Å². The topological polar surface area (TPSA) is 29.9 Å². The lowest BCUT2D eigenvalue weighted by molar-refractivity contribution is 0.279. The zero-order chi connectivity index (χ0) is 13.0. The lowest BCUT2D eigenvalue weighted by atomic mass is 9.84. The number of hydrogen-bond acceptors (Lipinski definition) is 2. The third-order valence-corrected chi connectivity index (χ3v) is 4.35. The van der Waals surface area contributed by atoms with E-state index >= 15 is 0 Å². The van der Waals surface area contributed by atoms with Gasteiger partial charge in [-0.25, -0.2) is 0 Å². The fourth-order valence-electron chi connectivity index (χ4n) is 2.98. The molecule has 1 aliphatic rings. The van der Waals surface area contributed by atoms with Crippen LogP contribution in [0.1, 0.15) is 57.3 Å². The summed E-state index contributed by atoms with van der Waals surface area (Å²) in [6.07, 6.45) is 8.10. The molecule has 0 saturated heterocycles. The van der Waals surface area contributed by atoms with Gasteiger partial charge in [-0.1, -0.05) is 26.2 Å². The Hall–Kier alpha value is -0.830. The summed E-state index contributed by atoms with van der Waals surface area (Å²) in [6, 6.07) is 2.85. The maximum Gasteiger partial charge on any atom is 0.0625 e. The highest BCUT2D eigenvalue weighted by molar-refractivity contribution is 5.10. The molecule has 1 N–H and O–H groups in total. The highest BCUT2D eigenvalue weighted by Crippen LogP contribution is 2.26. The van der Waals surface area contributed by atoms with E-state index in [2.05, 4.69) is 30.3 Å². The van der Waals surface area contributed by atoms with Crippen LogP contribution in [0.5, 0.6) is 0 Å². The van der Waals surface area contributed by atoms with Crippen molar-refractivity contribution in [1.29, 1.82) is 0 Å². The summed E-state index contributed by atoms with van der Waals surface area (Å²) in [5.41, 5.74) is 2.49. The van der Waals surface area contributed by atoms with Gasteiger partial charge in [0.25, 0.3) is 0 Å². The highest BCUT2D eigenvalue weighted by atomic mass is 15.3. The molecule has 1 aliphatic carbocycles. The molecule has 0 spiro atoms. The largest absolute Gasteiger partial charge is 0.308 e. The van der Waals surface area contributed by atoms with E-state index in [0.29, 0.717) is 6.04 Å². The van der Waals surface area contributed by atoms with Crippen molar-refractivity contribution in [3.63, 3.8) is 0 Å². The maximum absolute atomic E-state index is 4.50. The van der Waals surface area contributed by atoms with Crippen LogP contribution in [-0.4, -0.2) is 15.8 Å². The minimum Gasteiger partial charge on any atom is -0.308 e. The van der Waals surface area contributed by atoms with E-state index in [1.54, 1.807) is 0 Å². The summed E-state index contributed by atoms with van der Waals surface area (Å²) >= 11 is 0. The molecule has 0 unspecified atom stereocenters. The summed E-state index contributed by atoms with van der Waals surface area (Å²) in [5.74, 6) is 0.873. The van der Waals surface area contributed by atoms with E-state index in [4.69, 9.17) is 0 Å². The Morgan fingerprint density at radius 3 is 2.72 bits per heavy atom. The van der Waals surface area contributed by atoms with Gasteiger partial charge in [0.05, 0.1) is 11.4 Å². The van der Waals surface area contributed by atoms with Crippen LogP contribution < -0.4 is 5.32 Å². The molecule has 1 aromatic rings. The van der Waals surface area contributed by atoms with Crippen LogP contribution in [0.4, 0.5) is 0 Å². The normalized spacial score (nSPS) is 19.1. The second-order valence-electron chi connectivity index (χ2n) is 5.67. The molecule has 3 heteroatoms. The van der Waals surface area contributed by atoms with Crippen LogP contribution in [0.2, 0.25) is 0 Å². The number of rotatable bonds is 5. The first-order chi connectivity index (χ1) is 8.70. The molecular weight excluding hydrogens is 222 g/mol. The van der Waals surface area contributed by atoms with E-state index in [1.807, 2.05) is 11.7 Å². The zero-order valence-corrected chi connectivity index (χ0v) is 12.1. The third-order valence-electron chi connectivity index (χ3n) is 4.35. The number of aryl methyl sites for hydroxylation is 2. The minimum atomic E-state index is 0.630. The molecular formula is C15H27N3. The average molecular weight is 249 g/mol. The first-order valence-corrected chi connectivity index (χ1v) is 7.46. The molecule has 2 rings (SSSR count). The highest BCUT2D eigenvalue weighted by Gasteiger charge is 2.19. The number of nitrogens with zero attached hydrogens (tertiary/aromatic N) is 2. The second-order valence-corrected chi connectivity index (χ2v) is 5.67. The predicted octanol–water partition coefficient (Wildman–Crippen LogP) is 3.04. The number of hydrogen-bond donors (Lipinski definition) is 1. The van der Waals surface area contributed by atoms with E-state index in [-0.39, 0.29) is 0 Å². The van der Waals surface area contributed by atoms with Crippen molar-refractivity contribution in [3.8, 4) is 0 Å². The van der Waals surface area contributed by atoms with Crippen molar-refractivity contribution in [2.45, 2.75) is 65.0 Å². The predicted molar refractivity (Wildman–Crippen MR) is 75.5 cm³/mol. The Morgan fingerprint density at radius 2 is 2.11 bits per heavy atom. The Labute approximate surface area is 111 Å². The number of aromatic nitrogens is 2. The molecule has 0 aromatic carbocycles. The molecule has 1 aromatic heterocycles. The quantitative estimate of drug-likeness (QED) is 0.869. The summed E-state index contributed by atoms with van der Waals surface area (Å²) in [6.45, 7) is 5.44. The lowest BCUT2D eigenvalue weighted by Crippen LogP contribution is -2.34. The Kier molecular flexibility index (Phi) is 4.81. The molecule has 0 radical (unpaired) electrons. The van der Waals surface area contributed by atoms with Gasteiger partial charge < -0.3 is 5.32 Å². The van der Waals surface area contributed by atoms with Crippen LogP contribution >= 0.6 is 0 Å². The van der Waals surface area contributed by atoms with Crippen molar-refractivity contribution >= 4 is 0 Å². The van der Waals surface area contributed by atoms with Crippen molar-refractivity contribution in [2.75, 3.05) is 0 Å². The van der Waals surface area contributed by atoms with E-state index in [0.717, 1.165) is 18.9 Å². The van der Waals surface area contributed by atoms with Crippen LogP contribution in [0, 0.1) is 5.92 Å². The molecule has 3 nitrogen and oxygen atoms in total. The molecule has 0 aliphatic heterocycles. The Bertz CT molecular complexity index is 364. The van der Waals surface area contributed by atoms with Crippen molar-refractivity contribution in [1.82, 2.24) is 15.1 Å². The van der Waals surface area contributed by atoms with Crippen LogP contribution in [-0.2, 0) is 20.0 Å². The standard InChI is InChI=1S/C15H27N3/c1-4-14-10-15(18(3)17-14)11-16-12(2)13-8-6-5-7-9-13/h10,12-13,16H,4-9,11H2,1-3H3/t12-/m1/s1. The van der Waals surface area contributed by atoms with Crippen molar-refractivity contribution < 1.29 is 0 Å². The maximum atomic E-state index is 4.50. The molecule has 0 amide bonds. The van der Waals surface area contributed by atoms with Gasteiger partial charge in [0, 0.05) is 19.6 Å². The Morgan fingerprint density at radius 1 is 1.39 bits per heavy atom. The summed E-state index contributed by atoms with van der Waals surface area (Å²) < 4.78 is 2.01. The van der Waals surface area contributed by atoms with Crippen molar-refractivity contribution in [2.24, 2.45) is 13.0 Å². The smallest absolute Gasteiger partial charge is 0.0625 e. The first-order valence-electron chi connectivity index (χ1n) is 7.46. The first kappa shape index (κ1) is 13.6. The molecule has 0 bridgehead atoms. The third kappa shape index (κ3) is 3.35. The molecule has 1 saturated carbocycles. The summed E-state index contributed by atoms with van der Waals surface area (Å²) in [4.78, 5) is 0. The monoisotopic (exact) mass is 249 g/mol. The summed E-state index contributed by atoms with van der Waals surface area (Å²) in [5, 5.41) is 8.18. The van der Waals surface area contributed by atoms with Gasteiger partial charge in [-0.15, -0.1) is 0 Å². The average Bonchev–Trinajstić information content (AvgIpc) is 2.77. The van der Waals surface area contributed by atoms with Gasteiger partial charge in [-0.3, -0.25) is 4.68 Å². The number of nitrogens with one attached hydrogen (secondary N) is 1. The minimum absolute atomic E-state index is 0.630. The molecule has 1 atom stereocenters. The van der Waals surface area contributed by atoms with Gasteiger partial charge in [-0.05, 0) is 38.2 Å². The van der Waals surface area contributed by atoms with Crippen molar-refractivity contribution in [3.05, 3.63) is 17.5 Å². The van der Waals surface area contributed by atoms with E-state index in [1.165, 1.54) is 43.5 Å². The summed E-state index contributed by atoms with van der Waals surface area (Å²) in [7, 11) is 2.04. The molecule has 102 valence electrons.